The zero-order chi connectivity index (χ0) is 17.9. The van der Waals surface area contributed by atoms with Crippen LogP contribution in [0.4, 0.5) is 0 Å². The second-order valence-electron chi connectivity index (χ2n) is 4.85. The van der Waals surface area contributed by atoms with Crippen LogP contribution >= 0.6 is 0 Å². The Morgan fingerprint density at radius 2 is 1.42 bits per heavy atom. The quantitative estimate of drug-likeness (QED) is 0.676. The molecule has 1 aromatic carbocycles. The van der Waals surface area contributed by atoms with Gasteiger partial charge in [0.15, 0.2) is 11.5 Å². The van der Waals surface area contributed by atoms with Crippen LogP contribution in [0.15, 0.2) is 12.1 Å². The third-order valence-electron chi connectivity index (χ3n) is 2.96. The van der Waals surface area contributed by atoms with Gasteiger partial charge in [0.05, 0.1) is 19.8 Å². The monoisotopic (exact) mass is 338 g/mol. The molecule has 0 aromatic heterocycles. The zero-order valence-electron chi connectivity index (χ0n) is 14.7. The van der Waals surface area contributed by atoms with E-state index in [1.807, 2.05) is 27.7 Å². The van der Waals surface area contributed by atoms with Crippen molar-refractivity contribution in [2.75, 3.05) is 19.8 Å². The lowest BCUT2D eigenvalue weighted by atomic mass is 10.1. The van der Waals surface area contributed by atoms with E-state index < -0.39 is 5.91 Å². The Morgan fingerprint density at radius 1 is 0.875 bits per heavy atom. The molecule has 0 radical (unpaired) electrons. The van der Waals surface area contributed by atoms with Crippen molar-refractivity contribution in [3.8, 4) is 17.2 Å². The van der Waals surface area contributed by atoms with Gasteiger partial charge in [-0.05, 0) is 39.3 Å². The van der Waals surface area contributed by atoms with Crippen molar-refractivity contribution >= 4 is 11.8 Å². The van der Waals surface area contributed by atoms with Crippen LogP contribution in [0.25, 0.3) is 0 Å². The van der Waals surface area contributed by atoms with Crippen molar-refractivity contribution in [3.63, 3.8) is 0 Å². The van der Waals surface area contributed by atoms with Crippen LogP contribution in [-0.2, 0) is 4.79 Å². The summed E-state index contributed by atoms with van der Waals surface area (Å²) in [4.78, 5) is 23.7. The summed E-state index contributed by atoms with van der Waals surface area (Å²) in [5.74, 6) is 0.620. The lowest BCUT2D eigenvalue weighted by Gasteiger charge is -2.17. The SMILES string of the molecule is CCCC(=O)NNC(=O)c1cc(OCC)c(OCC)c(OCC)c1. The smallest absolute Gasteiger partial charge is 0.269 e. The molecule has 0 unspecified atom stereocenters. The van der Waals surface area contributed by atoms with Crippen molar-refractivity contribution in [1.82, 2.24) is 10.9 Å². The summed E-state index contributed by atoms with van der Waals surface area (Å²) < 4.78 is 16.7. The molecule has 0 aliphatic rings. The number of carbonyl (C=O) groups excluding carboxylic acids is 2. The molecule has 0 spiro atoms. The summed E-state index contributed by atoms with van der Waals surface area (Å²) in [6, 6.07) is 3.14. The molecule has 24 heavy (non-hydrogen) atoms. The Morgan fingerprint density at radius 3 is 1.88 bits per heavy atom. The molecule has 0 heterocycles. The van der Waals surface area contributed by atoms with E-state index in [0.29, 0.717) is 55.5 Å². The van der Waals surface area contributed by atoms with Gasteiger partial charge in [0, 0.05) is 12.0 Å². The van der Waals surface area contributed by atoms with E-state index in [-0.39, 0.29) is 5.91 Å². The minimum atomic E-state index is -0.454. The van der Waals surface area contributed by atoms with Gasteiger partial charge in [-0.15, -0.1) is 0 Å². The number of hydrazine groups is 1. The minimum absolute atomic E-state index is 0.244. The fraction of sp³-hybridized carbons (Fsp3) is 0.529. The van der Waals surface area contributed by atoms with E-state index in [2.05, 4.69) is 10.9 Å². The van der Waals surface area contributed by atoms with E-state index in [0.717, 1.165) is 0 Å². The number of hydrogen-bond acceptors (Lipinski definition) is 5. The van der Waals surface area contributed by atoms with Crippen LogP contribution in [0.1, 0.15) is 50.9 Å². The number of rotatable bonds is 9. The van der Waals surface area contributed by atoms with Crippen molar-refractivity contribution < 1.29 is 23.8 Å². The molecule has 0 saturated heterocycles. The van der Waals surface area contributed by atoms with Gasteiger partial charge in [0.2, 0.25) is 11.7 Å². The molecule has 1 aromatic rings. The first-order valence-electron chi connectivity index (χ1n) is 8.22. The maximum absolute atomic E-state index is 12.3. The molecule has 0 aliphatic heterocycles. The number of ether oxygens (including phenoxy) is 3. The van der Waals surface area contributed by atoms with Gasteiger partial charge in [-0.1, -0.05) is 6.92 Å². The number of benzene rings is 1. The van der Waals surface area contributed by atoms with E-state index in [4.69, 9.17) is 14.2 Å². The standard InChI is InChI=1S/C17H26N2O5/c1-5-9-15(20)18-19-17(21)12-10-13(22-6-2)16(24-8-4)14(11-12)23-7-3/h10-11H,5-9H2,1-4H3,(H,18,20)(H,19,21). The predicted octanol–water partition coefficient (Wildman–Crippen LogP) is 2.44. The molecule has 2 N–H and O–H groups in total. The molecule has 1 rings (SSSR count). The summed E-state index contributed by atoms with van der Waals surface area (Å²) in [7, 11) is 0. The molecule has 0 bridgehead atoms. The average Bonchev–Trinajstić information content (AvgIpc) is 2.56. The van der Waals surface area contributed by atoms with Gasteiger partial charge in [0.1, 0.15) is 0 Å². The number of carbonyl (C=O) groups is 2. The molecule has 7 heteroatoms. The first-order valence-corrected chi connectivity index (χ1v) is 8.22. The first kappa shape index (κ1) is 19.6. The van der Waals surface area contributed by atoms with Gasteiger partial charge in [-0.3, -0.25) is 20.4 Å². The lowest BCUT2D eigenvalue weighted by molar-refractivity contribution is -0.121. The topological polar surface area (TPSA) is 85.9 Å². The fourth-order valence-corrected chi connectivity index (χ4v) is 2.01. The molecular formula is C17H26N2O5. The summed E-state index contributed by atoms with van der Waals surface area (Å²) >= 11 is 0. The summed E-state index contributed by atoms with van der Waals surface area (Å²) in [6.45, 7) is 8.71. The maximum Gasteiger partial charge on any atom is 0.269 e. The summed E-state index contributed by atoms with van der Waals surface area (Å²) in [5, 5.41) is 0. The van der Waals surface area contributed by atoms with E-state index in [1.165, 1.54) is 0 Å². The van der Waals surface area contributed by atoms with Crippen LogP contribution < -0.4 is 25.1 Å². The summed E-state index contributed by atoms with van der Waals surface area (Å²) in [5.41, 5.74) is 5.06. The molecule has 0 saturated carbocycles. The molecule has 134 valence electrons. The normalized spacial score (nSPS) is 10.0. The average molecular weight is 338 g/mol. The Kier molecular flexibility index (Phi) is 8.46. The largest absolute Gasteiger partial charge is 0.490 e. The number of hydrogen-bond donors (Lipinski definition) is 2. The van der Waals surface area contributed by atoms with Gasteiger partial charge >= 0.3 is 0 Å². The van der Waals surface area contributed by atoms with E-state index in [1.54, 1.807) is 12.1 Å². The number of nitrogens with one attached hydrogen (secondary N) is 2. The molecular weight excluding hydrogens is 312 g/mol. The highest BCUT2D eigenvalue weighted by atomic mass is 16.5. The van der Waals surface area contributed by atoms with Crippen LogP contribution in [0, 0.1) is 0 Å². The second kappa shape index (κ2) is 10.4. The molecule has 0 aliphatic carbocycles. The Balaban J connectivity index is 3.04. The van der Waals surface area contributed by atoms with Gasteiger partial charge in [-0.25, -0.2) is 0 Å². The van der Waals surface area contributed by atoms with Crippen molar-refractivity contribution in [2.24, 2.45) is 0 Å². The fourth-order valence-electron chi connectivity index (χ4n) is 2.01. The molecule has 2 amide bonds. The van der Waals surface area contributed by atoms with Gasteiger partial charge < -0.3 is 14.2 Å². The van der Waals surface area contributed by atoms with Gasteiger partial charge in [0.25, 0.3) is 5.91 Å². The highest BCUT2D eigenvalue weighted by molar-refractivity contribution is 5.96. The van der Waals surface area contributed by atoms with Gasteiger partial charge in [-0.2, -0.15) is 0 Å². The predicted molar refractivity (Wildman–Crippen MR) is 90.5 cm³/mol. The Hall–Kier alpha value is -2.44. The van der Waals surface area contributed by atoms with Crippen molar-refractivity contribution in [3.05, 3.63) is 17.7 Å². The van der Waals surface area contributed by atoms with Crippen LogP contribution in [0.2, 0.25) is 0 Å². The van der Waals surface area contributed by atoms with Crippen LogP contribution in [-0.4, -0.2) is 31.6 Å². The lowest BCUT2D eigenvalue weighted by Crippen LogP contribution is -2.41. The minimum Gasteiger partial charge on any atom is -0.490 e. The third kappa shape index (κ3) is 5.64. The van der Waals surface area contributed by atoms with Crippen LogP contribution in [0.5, 0.6) is 17.2 Å². The summed E-state index contributed by atoms with van der Waals surface area (Å²) in [6.07, 6.45) is 1.05. The maximum atomic E-state index is 12.3. The zero-order valence-corrected chi connectivity index (χ0v) is 14.7. The molecule has 0 fully saturated rings. The Labute approximate surface area is 142 Å². The highest BCUT2D eigenvalue weighted by Gasteiger charge is 2.18. The number of amides is 2. The second-order valence-corrected chi connectivity index (χ2v) is 4.85. The van der Waals surface area contributed by atoms with Crippen LogP contribution in [0.3, 0.4) is 0 Å². The van der Waals surface area contributed by atoms with E-state index >= 15 is 0 Å². The van der Waals surface area contributed by atoms with Crippen molar-refractivity contribution in [2.45, 2.75) is 40.5 Å². The van der Waals surface area contributed by atoms with Crippen molar-refractivity contribution in [1.29, 1.82) is 0 Å². The molecule has 7 nitrogen and oxygen atoms in total. The third-order valence-corrected chi connectivity index (χ3v) is 2.96. The molecule has 0 atom stereocenters. The Bertz CT molecular complexity index is 533. The highest BCUT2D eigenvalue weighted by Crippen LogP contribution is 2.39. The van der Waals surface area contributed by atoms with E-state index in [9.17, 15) is 9.59 Å². The first-order chi connectivity index (χ1) is 11.6.